The first-order chi connectivity index (χ1) is 10.3. The molecule has 6 nitrogen and oxygen atoms in total. The highest BCUT2D eigenvalue weighted by Crippen LogP contribution is 2.29. The molecule has 0 saturated heterocycles. The van der Waals surface area contributed by atoms with Crippen LogP contribution in [0.5, 0.6) is 5.75 Å². The number of aromatic nitrogens is 4. The molecule has 106 valence electrons. The molecule has 0 bridgehead atoms. The second-order valence-electron chi connectivity index (χ2n) is 4.26. The first kappa shape index (κ1) is 13.6. The molecule has 0 spiro atoms. The second-order valence-corrected chi connectivity index (χ2v) is 5.22. The molecule has 21 heavy (non-hydrogen) atoms. The lowest BCUT2D eigenvalue weighted by Crippen LogP contribution is -1.93. The van der Waals surface area contributed by atoms with Crippen LogP contribution in [0.25, 0.3) is 11.2 Å². The van der Waals surface area contributed by atoms with Crippen LogP contribution in [-0.2, 0) is 5.75 Å². The summed E-state index contributed by atoms with van der Waals surface area (Å²) in [5.41, 5.74) is 3.02. The van der Waals surface area contributed by atoms with Crippen molar-refractivity contribution in [1.29, 1.82) is 0 Å². The topological polar surface area (TPSA) is 80.8 Å². The van der Waals surface area contributed by atoms with Crippen LogP contribution >= 0.6 is 11.8 Å². The number of carbonyl (C=O) groups excluding carboxylic acids is 1. The Kier molecular flexibility index (Phi) is 3.83. The van der Waals surface area contributed by atoms with Crippen LogP contribution in [0, 0.1) is 0 Å². The number of carbonyl (C=O) groups is 1. The van der Waals surface area contributed by atoms with Crippen LogP contribution in [0.3, 0.4) is 0 Å². The SMILES string of the molecule is COc1ccc(C=O)cc1CSc1ncnc2nc[nH]c12. The number of hydrogen-bond donors (Lipinski definition) is 1. The molecule has 0 amide bonds. The van der Waals surface area contributed by atoms with Gasteiger partial charge in [-0.2, -0.15) is 0 Å². The Morgan fingerprint density at radius 3 is 3.05 bits per heavy atom. The van der Waals surface area contributed by atoms with Crippen LogP contribution in [0.4, 0.5) is 0 Å². The number of thioether (sulfide) groups is 1. The van der Waals surface area contributed by atoms with Gasteiger partial charge in [0.2, 0.25) is 0 Å². The molecule has 0 aliphatic rings. The Labute approximate surface area is 125 Å². The summed E-state index contributed by atoms with van der Waals surface area (Å²) in [6.07, 6.45) is 3.91. The predicted molar refractivity (Wildman–Crippen MR) is 79.6 cm³/mol. The number of benzene rings is 1. The van der Waals surface area contributed by atoms with Crippen LogP contribution in [-0.4, -0.2) is 33.3 Å². The van der Waals surface area contributed by atoms with Crippen molar-refractivity contribution in [3.05, 3.63) is 42.0 Å². The van der Waals surface area contributed by atoms with Gasteiger partial charge in [-0.3, -0.25) is 4.79 Å². The van der Waals surface area contributed by atoms with Crippen molar-refractivity contribution in [3.63, 3.8) is 0 Å². The van der Waals surface area contributed by atoms with Crippen molar-refractivity contribution in [2.24, 2.45) is 0 Å². The molecular weight excluding hydrogens is 288 g/mol. The molecule has 0 radical (unpaired) electrons. The number of hydrogen-bond acceptors (Lipinski definition) is 6. The second kappa shape index (κ2) is 5.92. The van der Waals surface area contributed by atoms with Gasteiger partial charge in [0.05, 0.1) is 13.4 Å². The summed E-state index contributed by atoms with van der Waals surface area (Å²) >= 11 is 1.54. The Bertz CT molecular complexity index is 787. The molecule has 3 rings (SSSR count). The summed E-state index contributed by atoms with van der Waals surface area (Å²) in [6.45, 7) is 0. The average molecular weight is 300 g/mol. The average Bonchev–Trinajstić information content (AvgIpc) is 3.01. The van der Waals surface area contributed by atoms with Crippen LogP contribution in [0.1, 0.15) is 15.9 Å². The summed E-state index contributed by atoms with van der Waals surface area (Å²) in [7, 11) is 1.61. The number of ether oxygens (including phenoxy) is 1. The highest BCUT2D eigenvalue weighted by Gasteiger charge is 2.09. The molecule has 2 heterocycles. The molecule has 0 unspecified atom stereocenters. The van der Waals surface area contributed by atoms with E-state index < -0.39 is 0 Å². The summed E-state index contributed by atoms with van der Waals surface area (Å²) < 4.78 is 5.32. The van der Waals surface area contributed by atoms with Gasteiger partial charge in [-0.1, -0.05) is 11.8 Å². The minimum Gasteiger partial charge on any atom is -0.496 e. The summed E-state index contributed by atoms with van der Waals surface area (Å²) in [5, 5.41) is 0.816. The van der Waals surface area contributed by atoms with Crippen molar-refractivity contribution in [2.75, 3.05) is 7.11 Å². The standard InChI is InChI=1S/C14H12N4O2S/c1-20-11-3-2-9(5-19)4-10(11)6-21-14-12-13(16-7-15-12)17-8-18-14/h2-5,7-8H,6H2,1H3,(H,15,16,17,18). The van der Waals surface area contributed by atoms with Gasteiger partial charge in [-0.15, -0.1) is 0 Å². The van der Waals surface area contributed by atoms with E-state index in [4.69, 9.17) is 4.74 Å². The number of methoxy groups -OCH3 is 1. The zero-order chi connectivity index (χ0) is 14.7. The van der Waals surface area contributed by atoms with Crippen LogP contribution in [0.2, 0.25) is 0 Å². The number of imidazole rings is 1. The lowest BCUT2D eigenvalue weighted by atomic mass is 10.1. The van der Waals surface area contributed by atoms with Crippen molar-refractivity contribution >= 4 is 29.2 Å². The largest absolute Gasteiger partial charge is 0.496 e. The fraction of sp³-hybridized carbons (Fsp3) is 0.143. The van der Waals surface area contributed by atoms with E-state index in [0.717, 1.165) is 28.1 Å². The third kappa shape index (κ3) is 2.73. The quantitative estimate of drug-likeness (QED) is 0.443. The van der Waals surface area contributed by atoms with E-state index in [9.17, 15) is 4.79 Å². The van der Waals surface area contributed by atoms with E-state index >= 15 is 0 Å². The number of nitrogens with zero attached hydrogens (tertiary/aromatic N) is 3. The highest BCUT2D eigenvalue weighted by molar-refractivity contribution is 7.98. The molecule has 1 N–H and O–H groups in total. The van der Waals surface area contributed by atoms with Gasteiger partial charge in [0, 0.05) is 16.9 Å². The molecule has 7 heteroatoms. The Morgan fingerprint density at radius 1 is 1.33 bits per heavy atom. The maximum Gasteiger partial charge on any atom is 0.181 e. The van der Waals surface area contributed by atoms with Gasteiger partial charge in [-0.25, -0.2) is 15.0 Å². The number of H-pyrrole nitrogens is 1. The Morgan fingerprint density at radius 2 is 2.24 bits per heavy atom. The van der Waals surface area contributed by atoms with Crippen LogP contribution in [0.15, 0.2) is 35.9 Å². The lowest BCUT2D eigenvalue weighted by molar-refractivity contribution is 0.112. The summed E-state index contributed by atoms with van der Waals surface area (Å²) in [6, 6.07) is 5.35. The maximum absolute atomic E-state index is 10.9. The van der Waals surface area contributed by atoms with Gasteiger partial charge in [-0.05, 0) is 18.2 Å². The van der Waals surface area contributed by atoms with Crippen LogP contribution < -0.4 is 4.74 Å². The number of fused-ring (bicyclic) bond motifs is 1. The first-order valence-corrected chi connectivity index (χ1v) is 7.19. The smallest absolute Gasteiger partial charge is 0.181 e. The lowest BCUT2D eigenvalue weighted by Gasteiger charge is -2.08. The van der Waals surface area contributed by atoms with Gasteiger partial charge < -0.3 is 9.72 Å². The number of aromatic amines is 1. The molecule has 0 fully saturated rings. The fourth-order valence-corrected chi connectivity index (χ4v) is 2.92. The predicted octanol–water partition coefficient (Wildman–Crippen LogP) is 2.47. The number of rotatable bonds is 5. The monoisotopic (exact) mass is 300 g/mol. The van der Waals surface area contributed by atoms with Crippen molar-refractivity contribution in [1.82, 2.24) is 19.9 Å². The molecular formula is C14H12N4O2S. The normalized spacial score (nSPS) is 10.7. The first-order valence-electron chi connectivity index (χ1n) is 6.21. The zero-order valence-electron chi connectivity index (χ0n) is 11.2. The number of nitrogens with one attached hydrogen (secondary N) is 1. The van der Waals surface area contributed by atoms with Gasteiger partial charge in [0.1, 0.15) is 28.9 Å². The van der Waals surface area contributed by atoms with Gasteiger partial charge in [0.15, 0.2) is 5.65 Å². The summed E-state index contributed by atoms with van der Waals surface area (Å²) in [4.78, 5) is 26.4. The highest BCUT2D eigenvalue weighted by atomic mass is 32.2. The Hall–Kier alpha value is -2.41. The molecule has 0 aliphatic carbocycles. The molecule has 3 aromatic rings. The molecule has 0 atom stereocenters. The zero-order valence-corrected chi connectivity index (χ0v) is 12.1. The van der Waals surface area contributed by atoms with E-state index in [2.05, 4.69) is 19.9 Å². The van der Waals surface area contributed by atoms with E-state index in [1.807, 2.05) is 6.07 Å². The van der Waals surface area contributed by atoms with Crippen molar-refractivity contribution in [2.45, 2.75) is 10.8 Å². The van der Waals surface area contributed by atoms with Gasteiger partial charge in [0.25, 0.3) is 0 Å². The molecule has 0 aliphatic heterocycles. The fourth-order valence-electron chi connectivity index (χ4n) is 1.98. The summed E-state index contributed by atoms with van der Waals surface area (Å²) in [5.74, 6) is 1.39. The van der Waals surface area contributed by atoms with E-state index in [-0.39, 0.29) is 0 Å². The van der Waals surface area contributed by atoms with E-state index in [0.29, 0.717) is 17.0 Å². The van der Waals surface area contributed by atoms with Crippen molar-refractivity contribution < 1.29 is 9.53 Å². The third-order valence-corrected chi connectivity index (χ3v) is 4.03. The Balaban J connectivity index is 1.87. The maximum atomic E-state index is 10.9. The van der Waals surface area contributed by atoms with Gasteiger partial charge >= 0.3 is 0 Å². The van der Waals surface area contributed by atoms with E-state index in [1.165, 1.54) is 18.1 Å². The molecule has 2 aromatic heterocycles. The van der Waals surface area contributed by atoms with E-state index in [1.54, 1.807) is 25.6 Å². The minimum absolute atomic E-state index is 0.626. The third-order valence-electron chi connectivity index (χ3n) is 2.99. The minimum atomic E-state index is 0.626. The van der Waals surface area contributed by atoms with Crippen molar-refractivity contribution in [3.8, 4) is 5.75 Å². The molecule has 0 saturated carbocycles. The number of aldehydes is 1. The molecule has 1 aromatic carbocycles.